The first-order chi connectivity index (χ1) is 13.0. The SMILES string of the molecule is COc1ccc(C(C)NC(=O)NCCCCN2CCCCC2C)c(OC)c1. The van der Waals surface area contributed by atoms with E-state index < -0.39 is 0 Å². The first-order valence-electron chi connectivity index (χ1n) is 10.1. The molecular formula is C21H35N3O3. The van der Waals surface area contributed by atoms with Gasteiger partial charge in [-0.2, -0.15) is 0 Å². The van der Waals surface area contributed by atoms with Crippen LogP contribution in [0.25, 0.3) is 0 Å². The number of urea groups is 1. The molecule has 1 heterocycles. The van der Waals surface area contributed by atoms with Gasteiger partial charge in [0.25, 0.3) is 0 Å². The van der Waals surface area contributed by atoms with Crippen LogP contribution in [-0.4, -0.2) is 50.8 Å². The van der Waals surface area contributed by atoms with E-state index in [2.05, 4.69) is 22.5 Å². The molecule has 0 aromatic heterocycles. The van der Waals surface area contributed by atoms with E-state index in [1.807, 2.05) is 25.1 Å². The highest BCUT2D eigenvalue weighted by Gasteiger charge is 2.17. The van der Waals surface area contributed by atoms with Crippen molar-refractivity contribution in [2.75, 3.05) is 33.9 Å². The molecule has 1 aromatic rings. The zero-order valence-corrected chi connectivity index (χ0v) is 17.2. The van der Waals surface area contributed by atoms with Gasteiger partial charge in [0.1, 0.15) is 11.5 Å². The van der Waals surface area contributed by atoms with Crippen molar-refractivity contribution in [3.05, 3.63) is 23.8 Å². The number of unbranched alkanes of at least 4 members (excludes halogenated alkanes) is 1. The minimum absolute atomic E-state index is 0.147. The van der Waals surface area contributed by atoms with Crippen molar-refractivity contribution >= 4 is 6.03 Å². The molecule has 1 aromatic carbocycles. The van der Waals surface area contributed by atoms with E-state index in [4.69, 9.17) is 9.47 Å². The third-order valence-corrected chi connectivity index (χ3v) is 5.35. The van der Waals surface area contributed by atoms with Crippen molar-refractivity contribution in [3.8, 4) is 11.5 Å². The molecule has 0 radical (unpaired) electrons. The van der Waals surface area contributed by atoms with E-state index in [0.29, 0.717) is 18.3 Å². The average Bonchev–Trinajstić information content (AvgIpc) is 2.68. The van der Waals surface area contributed by atoms with Crippen molar-refractivity contribution in [1.82, 2.24) is 15.5 Å². The summed E-state index contributed by atoms with van der Waals surface area (Å²) in [6, 6.07) is 6.02. The smallest absolute Gasteiger partial charge is 0.315 e. The quantitative estimate of drug-likeness (QED) is 0.644. The molecule has 2 unspecified atom stereocenters. The van der Waals surface area contributed by atoms with Crippen LogP contribution in [-0.2, 0) is 0 Å². The van der Waals surface area contributed by atoms with Crippen molar-refractivity contribution in [1.29, 1.82) is 0 Å². The summed E-state index contributed by atoms with van der Waals surface area (Å²) in [5.41, 5.74) is 0.924. The lowest BCUT2D eigenvalue weighted by Gasteiger charge is -2.33. The number of methoxy groups -OCH3 is 2. The van der Waals surface area contributed by atoms with Crippen molar-refractivity contribution in [2.24, 2.45) is 0 Å². The maximum atomic E-state index is 12.2. The summed E-state index contributed by atoms with van der Waals surface area (Å²) in [5.74, 6) is 1.44. The van der Waals surface area contributed by atoms with E-state index in [9.17, 15) is 4.79 Å². The molecular weight excluding hydrogens is 342 g/mol. The minimum atomic E-state index is -0.153. The number of hydrogen-bond acceptors (Lipinski definition) is 4. The summed E-state index contributed by atoms with van der Waals surface area (Å²) >= 11 is 0. The number of likely N-dealkylation sites (tertiary alicyclic amines) is 1. The third kappa shape index (κ3) is 6.61. The van der Waals surface area contributed by atoms with Gasteiger partial charge in [-0.15, -0.1) is 0 Å². The summed E-state index contributed by atoms with van der Waals surface area (Å²) in [6.45, 7) is 7.31. The fourth-order valence-electron chi connectivity index (χ4n) is 3.63. The van der Waals surface area contributed by atoms with Crippen LogP contribution in [0.3, 0.4) is 0 Å². The molecule has 1 saturated heterocycles. The molecule has 0 aliphatic carbocycles. The fraction of sp³-hybridized carbons (Fsp3) is 0.667. The molecule has 152 valence electrons. The number of carbonyl (C=O) groups excluding carboxylic acids is 1. The molecule has 6 nitrogen and oxygen atoms in total. The standard InChI is InChI=1S/C21H35N3O3/c1-16-9-5-7-13-24(16)14-8-6-12-22-21(25)23-17(2)19-11-10-18(26-3)15-20(19)27-4/h10-11,15-17H,5-9,12-14H2,1-4H3,(H2,22,23,25). The van der Waals surface area contributed by atoms with Crippen LogP contribution >= 0.6 is 0 Å². The lowest BCUT2D eigenvalue weighted by molar-refractivity contribution is 0.158. The molecule has 2 amide bonds. The molecule has 2 atom stereocenters. The highest BCUT2D eigenvalue weighted by atomic mass is 16.5. The zero-order valence-electron chi connectivity index (χ0n) is 17.2. The summed E-state index contributed by atoms with van der Waals surface area (Å²) in [5, 5.41) is 5.93. The molecule has 1 aliphatic rings. The number of nitrogens with zero attached hydrogens (tertiary/aromatic N) is 1. The lowest BCUT2D eigenvalue weighted by atomic mass is 10.0. The van der Waals surface area contributed by atoms with Gasteiger partial charge in [0.05, 0.1) is 20.3 Å². The predicted octanol–water partition coefficient (Wildman–Crippen LogP) is 3.72. The second kappa shape index (κ2) is 11.0. The number of carbonyl (C=O) groups is 1. The summed E-state index contributed by atoms with van der Waals surface area (Å²) in [7, 11) is 3.24. The van der Waals surface area contributed by atoms with Crippen molar-refractivity contribution < 1.29 is 14.3 Å². The van der Waals surface area contributed by atoms with Crippen LogP contribution in [0.4, 0.5) is 4.79 Å². The van der Waals surface area contributed by atoms with Gasteiger partial charge >= 0.3 is 6.03 Å². The number of hydrogen-bond donors (Lipinski definition) is 2. The Balaban J connectivity index is 1.69. The molecule has 1 aliphatic heterocycles. The first-order valence-corrected chi connectivity index (χ1v) is 10.1. The minimum Gasteiger partial charge on any atom is -0.497 e. The summed E-state index contributed by atoms with van der Waals surface area (Å²) < 4.78 is 10.6. The van der Waals surface area contributed by atoms with Crippen LogP contribution < -0.4 is 20.1 Å². The number of nitrogens with one attached hydrogen (secondary N) is 2. The Hall–Kier alpha value is -1.95. The number of benzene rings is 1. The molecule has 0 bridgehead atoms. The largest absolute Gasteiger partial charge is 0.497 e. The van der Waals surface area contributed by atoms with Gasteiger partial charge in [0.15, 0.2) is 0 Å². The van der Waals surface area contributed by atoms with Gasteiger partial charge in [-0.3, -0.25) is 0 Å². The summed E-state index contributed by atoms with van der Waals surface area (Å²) in [6.07, 6.45) is 6.10. The van der Waals surface area contributed by atoms with Crippen molar-refractivity contribution in [3.63, 3.8) is 0 Å². The molecule has 1 fully saturated rings. The van der Waals surface area contributed by atoms with Crippen LogP contribution in [0.1, 0.15) is 57.6 Å². The number of piperidine rings is 1. The van der Waals surface area contributed by atoms with Gasteiger partial charge in [-0.1, -0.05) is 6.42 Å². The second-order valence-corrected chi connectivity index (χ2v) is 7.32. The van der Waals surface area contributed by atoms with Crippen molar-refractivity contribution in [2.45, 2.75) is 58.0 Å². The summed E-state index contributed by atoms with van der Waals surface area (Å²) in [4.78, 5) is 14.7. The second-order valence-electron chi connectivity index (χ2n) is 7.32. The number of rotatable bonds is 9. The highest BCUT2D eigenvalue weighted by Crippen LogP contribution is 2.29. The van der Waals surface area contributed by atoms with Crippen LogP contribution in [0.5, 0.6) is 11.5 Å². The van der Waals surface area contributed by atoms with Crippen LogP contribution in [0, 0.1) is 0 Å². The number of ether oxygens (including phenoxy) is 2. The van der Waals surface area contributed by atoms with E-state index >= 15 is 0 Å². The Labute approximate surface area is 163 Å². The Morgan fingerprint density at radius 1 is 1.26 bits per heavy atom. The van der Waals surface area contributed by atoms with Gasteiger partial charge in [-0.25, -0.2) is 4.79 Å². The molecule has 6 heteroatoms. The highest BCUT2D eigenvalue weighted by molar-refractivity contribution is 5.74. The Bertz CT molecular complexity index is 594. The van der Waals surface area contributed by atoms with Gasteiger partial charge in [-0.05, 0) is 64.8 Å². The van der Waals surface area contributed by atoms with E-state index in [-0.39, 0.29) is 12.1 Å². The van der Waals surface area contributed by atoms with Gasteiger partial charge < -0.3 is 25.0 Å². The van der Waals surface area contributed by atoms with E-state index in [1.165, 1.54) is 25.8 Å². The molecule has 0 spiro atoms. The van der Waals surface area contributed by atoms with E-state index in [0.717, 1.165) is 30.7 Å². The zero-order chi connectivity index (χ0) is 19.6. The number of amides is 2. The molecule has 27 heavy (non-hydrogen) atoms. The molecule has 0 saturated carbocycles. The molecule has 2 N–H and O–H groups in total. The maximum Gasteiger partial charge on any atom is 0.315 e. The van der Waals surface area contributed by atoms with Gasteiger partial charge in [0.2, 0.25) is 0 Å². The van der Waals surface area contributed by atoms with Crippen LogP contribution in [0.2, 0.25) is 0 Å². The van der Waals surface area contributed by atoms with E-state index in [1.54, 1.807) is 14.2 Å². The van der Waals surface area contributed by atoms with Crippen LogP contribution in [0.15, 0.2) is 18.2 Å². The monoisotopic (exact) mass is 377 g/mol. The Kier molecular flexibility index (Phi) is 8.72. The Morgan fingerprint density at radius 2 is 2.07 bits per heavy atom. The average molecular weight is 378 g/mol. The fourth-order valence-corrected chi connectivity index (χ4v) is 3.63. The Morgan fingerprint density at radius 3 is 2.78 bits per heavy atom. The molecule has 2 rings (SSSR count). The van der Waals surface area contributed by atoms with Gasteiger partial charge in [0, 0.05) is 24.2 Å². The normalized spacial score (nSPS) is 18.6. The third-order valence-electron chi connectivity index (χ3n) is 5.35. The predicted molar refractivity (Wildman–Crippen MR) is 109 cm³/mol. The maximum absolute atomic E-state index is 12.2. The topological polar surface area (TPSA) is 62.8 Å². The first kappa shape index (κ1) is 21.4. The lowest BCUT2D eigenvalue weighted by Crippen LogP contribution is -2.39.